The lowest BCUT2D eigenvalue weighted by atomic mass is 10.1. The van der Waals surface area contributed by atoms with Crippen molar-refractivity contribution in [1.29, 1.82) is 0 Å². The second kappa shape index (κ2) is 8.65. The lowest BCUT2D eigenvalue weighted by Crippen LogP contribution is -2.24. The smallest absolute Gasteiger partial charge is 0.330 e. The number of hydrogen-bond donors (Lipinski definition) is 0. The van der Waals surface area contributed by atoms with Crippen molar-refractivity contribution in [2.45, 2.75) is 20.3 Å². The fourth-order valence-corrected chi connectivity index (χ4v) is 3.23. The summed E-state index contributed by atoms with van der Waals surface area (Å²) in [5.41, 5.74) is -0.292. The first-order valence-corrected chi connectivity index (χ1v) is 9.70. The molecule has 0 aliphatic rings. The zero-order chi connectivity index (χ0) is 21.1. The molecular formula is C21H17BrF2N2O3. The van der Waals surface area contributed by atoms with Crippen LogP contribution in [-0.4, -0.2) is 22.1 Å². The molecule has 0 unspecified atom stereocenters. The number of hydrogen-bond acceptors (Lipinski definition) is 4. The van der Waals surface area contributed by atoms with Crippen molar-refractivity contribution in [2.24, 2.45) is 0 Å². The summed E-state index contributed by atoms with van der Waals surface area (Å²) in [6.45, 7) is 3.62. The van der Waals surface area contributed by atoms with Gasteiger partial charge in [-0.3, -0.25) is 9.36 Å². The van der Waals surface area contributed by atoms with Gasteiger partial charge in [-0.2, -0.15) is 0 Å². The summed E-state index contributed by atoms with van der Waals surface area (Å²) >= 11 is 3.19. The number of nitrogens with zero attached hydrogens (tertiary/aromatic N) is 2. The van der Waals surface area contributed by atoms with Crippen LogP contribution in [-0.2, 0) is 16.0 Å². The molecule has 8 heteroatoms. The number of halogens is 3. The second-order valence-corrected chi connectivity index (χ2v) is 7.01. The molecule has 0 bridgehead atoms. The average Bonchev–Trinajstić information content (AvgIpc) is 2.67. The largest absolute Gasteiger partial charge is 0.463 e. The summed E-state index contributed by atoms with van der Waals surface area (Å²) < 4.78 is 35.4. The van der Waals surface area contributed by atoms with Crippen LogP contribution >= 0.6 is 15.9 Å². The van der Waals surface area contributed by atoms with Crippen LogP contribution in [0.4, 0.5) is 8.78 Å². The van der Waals surface area contributed by atoms with Crippen molar-refractivity contribution < 1.29 is 18.3 Å². The minimum atomic E-state index is -0.639. The molecule has 29 heavy (non-hydrogen) atoms. The third-order valence-electron chi connectivity index (χ3n) is 4.21. The molecule has 3 rings (SSSR count). The van der Waals surface area contributed by atoms with Crippen LogP contribution in [0.5, 0.6) is 0 Å². The highest BCUT2D eigenvalue weighted by atomic mass is 79.9. The molecule has 1 heterocycles. The number of carbonyl (C=O) groups is 1. The Kier molecular flexibility index (Phi) is 6.22. The summed E-state index contributed by atoms with van der Waals surface area (Å²) in [5, 5.41) is 0.106. The second-order valence-electron chi connectivity index (χ2n) is 6.09. The van der Waals surface area contributed by atoms with Gasteiger partial charge in [0.1, 0.15) is 17.5 Å². The van der Waals surface area contributed by atoms with Gasteiger partial charge in [-0.05, 0) is 37.3 Å². The van der Waals surface area contributed by atoms with Gasteiger partial charge in [0.25, 0.3) is 5.56 Å². The Morgan fingerprint density at radius 3 is 2.62 bits per heavy atom. The zero-order valence-electron chi connectivity index (χ0n) is 15.7. The highest BCUT2D eigenvalue weighted by Crippen LogP contribution is 2.22. The molecule has 0 spiro atoms. The van der Waals surface area contributed by atoms with Crippen molar-refractivity contribution in [2.75, 3.05) is 6.61 Å². The van der Waals surface area contributed by atoms with E-state index in [1.54, 1.807) is 19.9 Å². The maximum absolute atomic E-state index is 14.5. The standard InChI is InChI=1S/C21H17BrF2N2O3/c1-3-19-25-17-11-15(23)12(5-8-20(27)29-4-2)9-14(17)21(28)26(19)18-7-6-13(22)10-16(18)24/h5-11H,3-4H2,1-2H3. The van der Waals surface area contributed by atoms with Crippen molar-refractivity contribution in [3.05, 3.63) is 74.3 Å². The first kappa shape index (κ1) is 20.9. The van der Waals surface area contributed by atoms with Gasteiger partial charge < -0.3 is 4.74 Å². The molecule has 3 aromatic rings. The van der Waals surface area contributed by atoms with Gasteiger partial charge >= 0.3 is 5.97 Å². The van der Waals surface area contributed by atoms with Crippen LogP contribution in [0.15, 0.2) is 45.7 Å². The molecule has 0 fully saturated rings. The van der Waals surface area contributed by atoms with E-state index in [4.69, 9.17) is 4.74 Å². The molecule has 5 nitrogen and oxygen atoms in total. The molecule has 0 aliphatic carbocycles. The van der Waals surface area contributed by atoms with E-state index in [-0.39, 0.29) is 28.8 Å². The van der Waals surface area contributed by atoms with E-state index in [1.807, 2.05) is 0 Å². The van der Waals surface area contributed by atoms with E-state index in [1.165, 1.54) is 28.8 Å². The number of carbonyl (C=O) groups excluding carboxylic acids is 1. The molecule has 0 N–H and O–H groups in total. The quantitative estimate of drug-likeness (QED) is 0.411. The minimum Gasteiger partial charge on any atom is -0.463 e. The first-order chi connectivity index (χ1) is 13.8. The third kappa shape index (κ3) is 4.27. The maximum atomic E-state index is 14.5. The predicted molar refractivity (Wildman–Crippen MR) is 110 cm³/mol. The lowest BCUT2D eigenvalue weighted by molar-refractivity contribution is -0.137. The Labute approximate surface area is 173 Å². The van der Waals surface area contributed by atoms with Crippen LogP contribution in [0.1, 0.15) is 25.2 Å². The Morgan fingerprint density at radius 1 is 1.21 bits per heavy atom. The minimum absolute atomic E-state index is 0.0246. The normalized spacial score (nSPS) is 11.3. The van der Waals surface area contributed by atoms with Crippen molar-refractivity contribution in [1.82, 2.24) is 9.55 Å². The molecule has 0 radical (unpaired) electrons. The molecule has 150 valence electrons. The number of aryl methyl sites for hydroxylation is 1. The predicted octanol–water partition coefficient (Wildman–Crippen LogP) is 4.57. The Hall–Kier alpha value is -2.87. The first-order valence-electron chi connectivity index (χ1n) is 8.91. The number of fused-ring (bicyclic) bond motifs is 1. The zero-order valence-corrected chi connectivity index (χ0v) is 17.3. The molecule has 0 saturated heterocycles. The average molecular weight is 463 g/mol. The monoisotopic (exact) mass is 462 g/mol. The Balaban J connectivity index is 2.23. The van der Waals surface area contributed by atoms with Gasteiger partial charge in [-0.1, -0.05) is 22.9 Å². The van der Waals surface area contributed by atoms with Crippen molar-refractivity contribution in [3.8, 4) is 5.69 Å². The highest BCUT2D eigenvalue weighted by Gasteiger charge is 2.16. The van der Waals surface area contributed by atoms with E-state index in [2.05, 4.69) is 20.9 Å². The molecule has 0 atom stereocenters. The van der Waals surface area contributed by atoms with E-state index >= 15 is 0 Å². The van der Waals surface area contributed by atoms with Gasteiger partial charge in [0.05, 0.1) is 23.2 Å². The fraction of sp³-hybridized carbons (Fsp3) is 0.190. The molecular weight excluding hydrogens is 446 g/mol. The number of ether oxygens (including phenoxy) is 1. The van der Waals surface area contributed by atoms with Crippen LogP contribution < -0.4 is 5.56 Å². The van der Waals surface area contributed by atoms with Gasteiger partial charge in [0, 0.05) is 28.6 Å². The number of esters is 1. The lowest BCUT2D eigenvalue weighted by Gasteiger charge is -2.14. The van der Waals surface area contributed by atoms with Crippen LogP contribution in [0.2, 0.25) is 0 Å². The van der Waals surface area contributed by atoms with E-state index < -0.39 is 23.2 Å². The van der Waals surface area contributed by atoms with Crippen LogP contribution in [0.25, 0.3) is 22.7 Å². The Bertz CT molecular complexity index is 1190. The van der Waals surface area contributed by atoms with Gasteiger partial charge in [0.2, 0.25) is 0 Å². The third-order valence-corrected chi connectivity index (χ3v) is 4.70. The van der Waals surface area contributed by atoms with Gasteiger partial charge in [-0.25, -0.2) is 18.6 Å². The van der Waals surface area contributed by atoms with E-state index in [0.29, 0.717) is 16.7 Å². The van der Waals surface area contributed by atoms with Gasteiger partial charge in [-0.15, -0.1) is 0 Å². The fourth-order valence-electron chi connectivity index (χ4n) is 2.89. The summed E-state index contributed by atoms with van der Waals surface area (Å²) in [6.07, 6.45) is 2.64. The molecule has 0 saturated carbocycles. The SMILES string of the molecule is CCOC(=O)C=Cc1cc2c(=O)n(-c3ccc(Br)cc3F)c(CC)nc2cc1F. The van der Waals surface area contributed by atoms with E-state index in [9.17, 15) is 18.4 Å². The summed E-state index contributed by atoms with van der Waals surface area (Å²) in [5.74, 6) is -1.56. The summed E-state index contributed by atoms with van der Waals surface area (Å²) in [6, 6.07) is 6.76. The van der Waals surface area contributed by atoms with E-state index in [0.717, 1.165) is 12.1 Å². The molecule has 2 aromatic carbocycles. The molecule has 0 amide bonds. The topological polar surface area (TPSA) is 61.2 Å². The number of benzene rings is 2. The van der Waals surface area contributed by atoms with Crippen LogP contribution in [0.3, 0.4) is 0 Å². The number of aromatic nitrogens is 2. The van der Waals surface area contributed by atoms with Crippen LogP contribution in [0, 0.1) is 11.6 Å². The molecule has 0 aliphatic heterocycles. The highest BCUT2D eigenvalue weighted by molar-refractivity contribution is 9.10. The maximum Gasteiger partial charge on any atom is 0.330 e. The van der Waals surface area contributed by atoms with Crippen molar-refractivity contribution >= 4 is 38.9 Å². The Morgan fingerprint density at radius 2 is 1.97 bits per heavy atom. The van der Waals surface area contributed by atoms with Crippen molar-refractivity contribution in [3.63, 3.8) is 0 Å². The number of rotatable bonds is 5. The summed E-state index contributed by atoms with van der Waals surface area (Å²) in [7, 11) is 0. The molecule has 1 aromatic heterocycles. The summed E-state index contributed by atoms with van der Waals surface area (Å²) in [4.78, 5) is 29.0. The van der Waals surface area contributed by atoms with Gasteiger partial charge in [0.15, 0.2) is 0 Å².